The van der Waals surface area contributed by atoms with Crippen molar-refractivity contribution in [1.82, 2.24) is 19.6 Å². The summed E-state index contributed by atoms with van der Waals surface area (Å²) in [7, 11) is 0.534. The van der Waals surface area contributed by atoms with Crippen LogP contribution in [-0.4, -0.2) is 49.5 Å². The lowest BCUT2D eigenvalue weighted by molar-refractivity contribution is 0.162. The first-order valence-electron chi connectivity index (χ1n) is 7.10. The molecule has 1 aromatic heterocycles. The molecule has 0 bridgehead atoms. The van der Waals surface area contributed by atoms with Crippen LogP contribution in [0, 0.1) is 0 Å². The maximum atomic E-state index is 12.3. The number of imidazole rings is 1. The third kappa shape index (κ3) is 3.05. The zero-order valence-electron chi connectivity index (χ0n) is 12.4. The zero-order valence-corrected chi connectivity index (χ0v) is 13.3. The number of nitrogens with zero attached hydrogens (tertiary/aromatic N) is 2. The van der Waals surface area contributed by atoms with Crippen LogP contribution in [0.2, 0.25) is 0 Å². The van der Waals surface area contributed by atoms with Gasteiger partial charge in [0, 0.05) is 18.5 Å². The minimum atomic E-state index is -3.50. The number of sulfonamides is 1. The molecule has 6 nitrogen and oxygen atoms in total. The van der Waals surface area contributed by atoms with E-state index >= 15 is 0 Å². The second-order valence-electron chi connectivity index (χ2n) is 5.70. The highest BCUT2D eigenvalue weighted by Gasteiger charge is 2.37. The predicted molar refractivity (Wildman–Crippen MR) is 78.0 cm³/mol. The lowest BCUT2D eigenvalue weighted by Crippen LogP contribution is -2.50. The molecule has 0 aliphatic heterocycles. The van der Waals surface area contributed by atoms with Crippen molar-refractivity contribution in [3.63, 3.8) is 0 Å². The minimum absolute atomic E-state index is 0.0549. The fraction of sp³-hybridized carbons (Fsp3) is 0.769. The molecular weight excluding hydrogens is 276 g/mol. The van der Waals surface area contributed by atoms with Crippen LogP contribution >= 0.6 is 0 Å². The first-order chi connectivity index (χ1) is 9.39. The van der Waals surface area contributed by atoms with Crippen LogP contribution in [0.15, 0.2) is 11.2 Å². The Morgan fingerprint density at radius 1 is 1.40 bits per heavy atom. The monoisotopic (exact) mass is 300 g/mol. The summed E-state index contributed by atoms with van der Waals surface area (Å²) in [6, 6.07) is 0. The van der Waals surface area contributed by atoms with E-state index in [4.69, 9.17) is 0 Å². The molecule has 1 fully saturated rings. The average molecular weight is 300 g/mol. The van der Waals surface area contributed by atoms with Gasteiger partial charge in [-0.25, -0.2) is 18.1 Å². The molecule has 1 aromatic rings. The van der Waals surface area contributed by atoms with Gasteiger partial charge in [0.2, 0.25) is 0 Å². The number of likely N-dealkylation sites (N-methyl/N-ethyl adjacent to an activating group) is 1. The summed E-state index contributed by atoms with van der Waals surface area (Å²) >= 11 is 0. The van der Waals surface area contributed by atoms with Gasteiger partial charge >= 0.3 is 0 Å². The van der Waals surface area contributed by atoms with E-state index in [-0.39, 0.29) is 10.6 Å². The van der Waals surface area contributed by atoms with Crippen molar-refractivity contribution in [2.45, 2.75) is 49.6 Å². The van der Waals surface area contributed by atoms with Crippen LogP contribution in [0.5, 0.6) is 0 Å². The van der Waals surface area contributed by atoms with Crippen LogP contribution in [0.1, 0.15) is 38.4 Å². The van der Waals surface area contributed by atoms with Gasteiger partial charge in [-0.3, -0.25) is 0 Å². The lowest BCUT2D eigenvalue weighted by Gasteiger charge is -2.36. The van der Waals surface area contributed by atoms with E-state index in [1.54, 1.807) is 0 Å². The number of nitrogens with one attached hydrogen (secondary N) is 2. The molecule has 0 spiro atoms. The first kappa shape index (κ1) is 15.5. The number of hydrogen-bond acceptors (Lipinski definition) is 4. The van der Waals surface area contributed by atoms with Crippen LogP contribution in [0.25, 0.3) is 0 Å². The number of aromatic nitrogens is 2. The average Bonchev–Trinajstić information content (AvgIpc) is 3.06. The van der Waals surface area contributed by atoms with Crippen LogP contribution in [0.3, 0.4) is 0 Å². The SMILES string of the molecule is CCc1ncc(S(=O)(=O)NCC2(N(C)C)CCCC2)[nH]1. The van der Waals surface area contributed by atoms with Crippen molar-refractivity contribution < 1.29 is 8.42 Å². The summed E-state index contributed by atoms with van der Waals surface area (Å²) in [5.41, 5.74) is -0.0549. The van der Waals surface area contributed by atoms with Crippen molar-refractivity contribution in [3.8, 4) is 0 Å². The third-order valence-corrected chi connectivity index (χ3v) is 5.61. The van der Waals surface area contributed by atoms with Crippen molar-refractivity contribution in [2.75, 3.05) is 20.6 Å². The molecule has 114 valence electrons. The topological polar surface area (TPSA) is 78.1 Å². The molecule has 20 heavy (non-hydrogen) atoms. The fourth-order valence-electron chi connectivity index (χ4n) is 2.78. The highest BCUT2D eigenvalue weighted by molar-refractivity contribution is 7.89. The Hall–Kier alpha value is -0.920. The number of aryl methyl sites for hydroxylation is 1. The predicted octanol–water partition coefficient (Wildman–Crippen LogP) is 1.12. The standard InChI is InChI=1S/C13H24N4O2S/c1-4-11-14-9-12(16-11)20(18,19)15-10-13(17(2)3)7-5-6-8-13/h9,15H,4-8,10H2,1-3H3,(H,14,16). The summed E-state index contributed by atoms with van der Waals surface area (Å²) in [5.74, 6) is 0.688. The summed E-state index contributed by atoms with van der Waals surface area (Å²) < 4.78 is 27.3. The van der Waals surface area contributed by atoms with E-state index in [0.29, 0.717) is 18.8 Å². The van der Waals surface area contributed by atoms with E-state index in [1.807, 2.05) is 21.0 Å². The van der Waals surface area contributed by atoms with Gasteiger partial charge in [0.1, 0.15) is 5.82 Å². The van der Waals surface area contributed by atoms with Gasteiger partial charge in [-0.2, -0.15) is 0 Å². The fourth-order valence-corrected chi connectivity index (χ4v) is 3.84. The van der Waals surface area contributed by atoms with E-state index in [1.165, 1.54) is 6.20 Å². The first-order valence-corrected chi connectivity index (χ1v) is 8.59. The minimum Gasteiger partial charge on any atom is -0.332 e. The van der Waals surface area contributed by atoms with E-state index in [0.717, 1.165) is 25.7 Å². The maximum absolute atomic E-state index is 12.3. The molecule has 0 radical (unpaired) electrons. The van der Waals surface area contributed by atoms with Gasteiger partial charge in [-0.05, 0) is 26.9 Å². The molecule has 0 aromatic carbocycles. The van der Waals surface area contributed by atoms with Gasteiger partial charge in [-0.1, -0.05) is 19.8 Å². The zero-order chi connectivity index (χ0) is 14.8. The van der Waals surface area contributed by atoms with Crippen LogP contribution < -0.4 is 4.72 Å². The second kappa shape index (κ2) is 5.83. The Kier molecular flexibility index (Phi) is 4.51. The molecular formula is C13H24N4O2S. The van der Waals surface area contributed by atoms with Crippen molar-refractivity contribution in [2.24, 2.45) is 0 Å². The largest absolute Gasteiger partial charge is 0.332 e. The Balaban J connectivity index is 2.08. The summed E-state index contributed by atoms with van der Waals surface area (Å²) in [6.45, 7) is 2.38. The van der Waals surface area contributed by atoms with Gasteiger partial charge in [0.25, 0.3) is 10.0 Å². The normalized spacial score (nSPS) is 18.8. The summed E-state index contributed by atoms with van der Waals surface area (Å²) in [6.07, 6.45) is 6.46. The number of rotatable bonds is 6. The second-order valence-corrected chi connectivity index (χ2v) is 7.43. The summed E-state index contributed by atoms with van der Waals surface area (Å²) in [5, 5.41) is 0.154. The van der Waals surface area contributed by atoms with Crippen LogP contribution in [0.4, 0.5) is 0 Å². The Bertz CT molecular complexity index is 544. The molecule has 0 unspecified atom stereocenters. The van der Waals surface area contributed by atoms with E-state index < -0.39 is 10.0 Å². The molecule has 2 rings (SSSR count). The number of aromatic amines is 1. The molecule has 0 amide bonds. The van der Waals surface area contributed by atoms with E-state index in [9.17, 15) is 8.42 Å². The van der Waals surface area contributed by atoms with Gasteiger partial charge < -0.3 is 9.88 Å². The van der Waals surface area contributed by atoms with Gasteiger partial charge in [0.05, 0.1) is 6.20 Å². The third-order valence-electron chi connectivity index (χ3n) is 4.30. The molecule has 1 heterocycles. The molecule has 0 atom stereocenters. The molecule has 2 N–H and O–H groups in total. The highest BCUT2D eigenvalue weighted by atomic mass is 32.2. The molecule has 7 heteroatoms. The quantitative estimate of drug-likeness (QED) is 0.825. The van der Waals surface area contributed by atoms with Crippen molar-refractivity contribution in [1.29, 1.82) is 0 Å². The van der Waals surface area contributed by atoms with Crippen LogP contribution in [-0.2, 0) is 16.4 Å². The highest BCUT2D eigenvalue weighted by Crippen LogP contribution is 2.33. The lowest BCUT2D eigenvalue weighted by atomic mass is 9.97. The smallest absolute Gasteiger partial charge is 0.257 e. The van der Waals surface area contributed by atoms with Crippen molar-refractivity contribution >= 4 is 10.0 Å². The molecule has 1 aliphatic rings. The molecule has 1 saturated carbocycles. The molecule has 1 aliphatic carbocycles. The maximum Gasteiger partial charge on any atom is 0.257 e. The van der Waals surface area contributed by atoms with Gasteiger partial charge in [0.15, 0.2) is 5.03 Å². The summed E-state index contributed by atoms with van der Waals surface area (Å²) in [4.78, 5) is 9.04. The van der Waals surface area contributed by atoms with E-state index in [2.05, 4.69) is 19.6 Å². The number of H-pyrrole nitrogens is 1. The Morgan fingerprint density at radius 2 is 2.05 bits per heavy atom. The van der Waals surface area contributed by atoms with Gasteiger partial charge in [-0.15, -0.1) is 0 Å². The molecule has 0 saturated heterocycles. The Labute approximate surface area is 121 Å². The number of hydrogen-bond donors (Lipinski definition) is 2. The Morgan fingerprint density at radius 3 is 2.55 bits per heavy atom. The van der Waals surface area contributed by atoms with Crippen molar-refractivity contribution in [3.05, 3.63) is 12.0 Å².